The number of allylic oxidation sites excluding steroid dienone is 2. The van der Waals surface area contributed by atoms with E-state index in [9.17, 15) is 19.8 Å². The molecule has 0 fully saturated rings. The Labute approximate surface area is 419 Å². The molecular weight excluding hydrogens is 827 g/mol. The smallest absolute Gasteiger partial charge is 0.305 e. The normalized spacial score (nSPS) is 12.6. The van der Waals surface area contributed by atoms with E-state index in [-0.39, 0.29) is 18.5 Å². The number of esters is 1. The largest absolute Gasteiger partial charge is 0.466 e. The standard InChI is InChI=1S/C61H119NO5/c1-3-5-7-9-11-13-15-17-19-21-22-23-24-25-26-27-29-33-37-41-45-49-53-59(64)58(57-63)62-60(65)54-50-46-42-38-34-31-32-36-40-44-48-52-56-67-61(66)55-51-47-43-39-35-30-28-20-18-16-14-12-10-8-6-4-2/h20,28,58-59,63-64H,3-19,21-27,29-57H2,1-2H3,(H,62,65)/b28-20-. The lowest BCUT2D eigenvalue weighted by atomic mass is 10.0. The predicted octanol–water partition coefficient (Wildman–Crippen LogP) is 18.9. The summed E-state index contributed by atoms with van der Waals surface area (Å²) in [4.78, 5) is 24.6. The van der Waals surface area contributed by atoms with Crippen molar-refractivity contribution in [3.63, 3.8) is 0 Å². The molecule has 0 rings (SSSR count). The molecule has 0 radical (unpaired) electrons. The van der Waals surface area contributed by atoms with Crippen LogP contribution in [0.4, 0.5) is 0 Å². The van der Waals surface area contributed by atoms with E-state index in [1.165, 1.54) is 250 Å². The Morgan fingerprint density at radius 2 is 0.701 bits per heavy atom. The number of amides is 1. The molecule has 0 aromatic rings. The van der Waals surface area contributed by atoms with Gasteiger partial charge >= 0.3 is 5.97 Å². The fraction of sp³-hybridized carbons (Fsp3) is 0.934. The topological polar surface area (TPSA) is 95.9 Å². The highest BCUT2D eigenvalue weighted by Gasteiger charge is 2.20. The first-order valence-electron chi connectivity index (χ1n) is 30.4. The van der Waals surface area contributed by atoms with Crippen LogP contribution in [-0.2, 0) is 14.3 Å². The average molecular weight is 947 g/mol. The van der Waals surface area contributed by atoms with Gasteiger partial charge in [0.2, 0.25) is 5.91 Å². The molecule has 6 heteroatoms. The summed E-state index contributed by atoms with van der Waals surface area (Å²) in [5.74, 6) is -0.0623. The fourth-order valence-corrected chi connectivity index (χ4v) is 9.64. The van der Waals surface area contributed by atoms with Gasteiger partial charge in [0.15, 0.2) is 0 Å². The summed E-state index contributed by atoms with van der Waals surface area (Å²) in [6.45, 7) is 4.94. The molecule has 0 aliphatic rings. The number of hydrogen-bond donors (Lipinski definition) is 3. The molecule has 3 N–H and O–H groups in total. The van der Waals surface area contributed by atoms with E-state index in [0.29, 0.717) is 25.9 Å². The number of ether oxygens (including phenoxy) is 1. The van der Waals surface area contributed by atoms with Crippen LogP contribution in [0.2, 0.25) is 0 Å². The zero-order chi connectivity index (χ0) is 48.6. The van der Waals surface area contributed by atoms with Gasteiger partial charge in [0.05, 0.1) is 25.4 Å². The lowest BCUT2D eigenvalue weighted by Gasteiger charge is -2.22. The van der Waals surface area contributed by atoms with Gasteiger partial charge in [-0.3, -0.25) is 9.59 Å². The highest BCUT2D eigenvalue weighted by Crippen LogP contribution is 2.18. The van der Waals surface area contributed by atoms with Crippen molar-refractivity contribution >= 4 is 11.9 Å². The van der Waals surface area contributed by atoms with Gasteiger partial charge in [0, 0.05) is 12.8 Å². The molecule has 0 bridgehead atoms. The number of rotatable bonds is 57. The molecular formula is C61H119NO5. The monoisotopic (exact) mass is 946 g/mol. The minimum Gasteiger partial charge on any atom is -0.466 e. The van der Waals surface area contributed by atoms with E-state index < -0.39 is 12.1 Å². The second kappa shape index (κ2) is 57.2. The quantitative estimate of drug-likeness (QED) is 0.0321. The van der Waals surface area contributed by atoms with Crippen LogP contribution in [0.3, 0.4) is 0 Å². The lowest BCUT2D eigenvalue weighted by Crippen LogP contribution is -2.45. The summed E-state index contributed by atoms with van der Waals surface area (Å²) in [6, 6.07) is -0.554. The number of carbonyl (C=O) groups excluding carboxylic acids is 2. The second-order valence-electron chi connectivity index (χ2n) is 21.0. The highest BCUT2D eigenvalue weighted by atomic mass is 16.5. The average Bonchev–Trinajstić information content (AvgIpc) is 3.33. The molecule has 0 aromatic heterocycles. The van der Waals surface area contributed by atoms with Gasteiger partial charge < -0.3 is 20.3 Å². The molecule has 6 nitrogen and oxygen atoms in total. The van der Waals surface area contributed by atoms with E-state index in [0.717, 1.165) is 57.8 Å². The summed E-state index contributed by atoms with van der Waals surface area (Å²) in [7, 11) is 0. The predicted molar refractivity (Wildman–Crippen MR) is 292 cm³/mol. The van der Waals surface area contributed by atoms with Crippen molar-refractivity contribution < 1.29 is 24.5 Å². The minimum atomic E-state index is -0.675. The van der Waals surface area contributed by atoms with Crippen molar-refractivity contribution in [3.8, 4) is 0 Å². The lowest BCUT2D eigenvalue weighted by molar-refractivity contribution is -0.143. The van der Waals surface area contributed by atoms with Gasteiger partial charge in [0.25, 0.3) is 0 Å². The molecule has 0 aliphatic heterocycles. The van der Waals surface area contributed by atoms with Crippen LogP contribution in [0.1, 0.15) is 341 Å². The van der Waals surface area contributed by atoms with Crippen molar-refractivity contribution in [3.05, 3.63) is 12.2 Å². The first-order valence-corrected chi connectivity index (χ1v) is 30.4. The molecule has 0 aromatic carbocycles. The van der Waals surface area contributed by atoms with Gasteiger partial charge in [0.1, 0.15) is 0 Å². The third-order valence-electron chi connectivity index (χ3n) is 14.3. The summed E-state index contributed by atoms with van der Waals surface area (Å²) >= 11 is 0. The van der Waals surface area contributed by atoms with E-state index in [4.69, 9.17) is 4.74 Å². The number of aliphatic hydroxyl groups is 2. The number of unbranched alkanes of at least 4 members (excludes halogenated alkanes) is 44. The van der Waals surface area contributed by atoms with Crippen LogP contribution in [-0.4, -0.2) is 47.4 Å². The van der Waals surface area contributed by atoms with Crippen LogP contribution < -0.4 is 5.32 Å². The summed E-state index contributed by atoms with van der Waals surface area (Å²) in [5, 5.41) is 23.4. The minimum absolute atomic E-state index is 0.0153. The van der Waals surface area contributed by atoms with Gasteiger partial charge in [-0.1, -0.05) is 289 Å². The van der Waals surface area contributed by atoms with Crippen molar-refractivity contribution in [2.45, 2.75) is 353 Å². The number of carbonyl (C=O) groups is 2. The van der Waals surface area contributed by atoms with Crippen LogP contribution in [0, 0.1) is 0 Å². The number of aliphatic hydroxyl groups excluding tert-OH is 2. The van der Waals surface area contributed by atoms with Crippen LogP contribution in [0.15, 0.2) is 12.2 Å². The van der Waals surface area contributed by atoms with Gasteiger partial charge in [-0.25, -0.2) is 0 Å². The molecule has 0 heterocycles. The van der Waals surface area contributed by atoms with E-state index in [1.54, 1.807) is 0 Å². The Hall–Kier alpha value is -1.40. The third-order valence-corrected chi connectivity index (χ3v) is 14.3. The first-order chi connectivity index (χ1) is 33.0. The van der Waals surface area contributed by atoms with Crippen molar-refractivity contribution in [2.24, 2.45) is 0 Å². The van der Waals surface area contributed by atoms with Gasteiger partial charge in [-0.2, -0.15) is 0 Å². The summed E-state index contributed by atoms with van der Waals surface area (Å²) < 4.78 is 5.47. The van der Waals surface area contributed by atoms with E-state index in [2.05, 4.69) is 31.3 Å². The van der Waals surface area contributed by atoms with Crippen molar-refractivity contribution in [1.82, 2.24) is 5.32 Å². The zero-order valence-electron chi connectivity index (χ0n) is 45.4. The zero-order valence-corrected chi connectivity index (χ0v) is 45.4. The van der Waals surface area contributed by atoms with Crippen LogP contribution >= 0.6 is 0 Å². The van der Waals surface area contributed by atoms with Gasteiger partial charge in [-0.15, -0.1) is 0 Å². The molecule has 0 aliphatic carbocycles. The molecule has 398 valence electrons. The van der Waals surface area contributed by atoms with Gasteiger partial charge in [-0.05, 0) is 51.4 Å². The number of nitrogens with one attached hydrogen (secondary N) is 1. The van der Waals surface area contributed by atoms with Crippen molar-refractivity contribution in [2.75, 3.05) is 13.2 Å². The maximum atomic E-state index is 12.5. The highest BCUT2D eigenvalue weighted by molar-refractivity contribution is 5.76. The fourth-order valence-electron chi connectivity index (χ4n) is 9.64. The molecule has 1 amide bonds. The Morgan fingerprint density at radius 1 is 0.403 bits per heavy atom. The SMILES string of the molecule is CCCCCCCCC/C=C\CCCCCCCC(=O)OCCCCCCCCCCCCCCC(=O)NC(CO)C(O)CCCCCCCCCCCCCCCCCCCCCCCC. The summed E-state index contributed by atoms with van der Waals surface area (Å²) in [6.07, 6.45) is 67.8. The molecule has 0 saturated heterocycles. The van der Waals surface area contributed by atoms with E-state index in [1.807, 2.05) is 0 Å². The Balaban J connectivity index is 3.44. The molecule has 0 spiro atoms. The summed E-state index contributed by atoms with van der Waals surface area (Å²) in [5.41, 5.74) is 0. The Kier molecular flexibility index (Phi) is 56.0. The number of hydrogen-bond acceptors (Lipinski definition) is 5. The molecule has 2 unspecified atom stereocenters. The maximum Gasteiger partial charge on any atom is 0.305 e. The van der Waals surface area contributed by atoms with Crippen LogP contribution in [0.25, 0.3) is 0 Å². The Bertz CT molecular complexity index is 1000. The second-order valence-corrected chi connectivity index (χ2v) is 21.0. The third kappa shape index (κ3) is 53.8. The van der Waals surface area contributed by atoms with E-state index >= 15 is 0 Å². The van der Waals surface area contributed by atoms with Crippen molar-refractivity contribution in [1.29, 1.82) is 0 Å². The molecule has 67 heavy (non-hydrogen) atoms. The first kappa shape index (κ1) is 65.6. The molecule has 2 atom stereocenters. The molecule has 0 saturated carbocycles. The Morgan fingerprint density at radius 3 is 1.06 bits per heavy atom. The van der Waals surface area contributed by atoms with Crippen LogP contribution in [0.5, 0.6) is 0 Å². The maximum absolute atomic E-state index is 12.5.